The van der Waals surface area contributed by atoms with E-state index in [0.29, 0.717) is 0 Å². The third-order valence-corrected chi connectivity index (χ3v) is 4.37. The Labute approximate surface area is 76.4 Å². The third kappa shape index (κ3) is 10.4. The third-order valence-electron chi connectivity index (χ3n) is 1.95. The van der Waals surface area contributed by atoms with Crippen molar-refractivity contribution in [2.24, 2.45) is 0 Å². The van der Waals surface area contributed by atoms with Crippen LogP contribution < -0.4 is 0 Å². The molecule has 0 rings (SSSR count). The van der Waals surface area contributed by atoms with Crippen molar-refractivity contribution in [3.05, 3.63) is 0 Å². The van der Waals surface area contributed by atoms with Crippen LogP contribution in [0.3, 0.4) is 0 Å². The Bertz CT molecular complexity index is 61.1. The maximum absolute atomic E-state index is 5.25. The molecule has 0 unspecified atom stereocenters. The van der Waals surface area contributed by atoms with Gasteiger partial charge in [-0.1, -0.05) is 45.4 Å². The van der Waals surface area contributed by atoms with Crippen molar-refractivity contribution < 1.29 is 4.12 Å². The van der Waals surface area contributed by atoms with Gasteiger partial charge in [0, 0.05) is 0 Å². The van der Waals surface area contributed by atoms with Crippen LogP contribution in [-0.4, -0.2) is 20.2 Å². The van der Waals surface area contributed by atoms with Crippen molar-refractivity contribution in [2.75, 3.05) is 0 Å². The van der Waals surface area contributed by atoms with Crippen molar-refractivity contribution in [3.8, 4) is 0 Å². The van der Waals surface area contributed by atoms with Gasteiger partial charge in [-0.05, 0) is 6.04 Å². The molecule has 0 amide bonds. The Morgan fingerprint density at radius 1 is 1.09 bits per heavy atom. The molecule has 0 aromatic heterocycles. The summed E-state index contributed by atoms with van der Waals surface area (Å²) in [5.74, 6) is 0. The average Bonchev–Trinajstić information content (AvgIpc) is 2.03. The molecule has 0 spiro atoms. The Morgan fingerprint density at radius 3 is 2.36 bits per heavy atom. The molecule has 0 radical (unpaired) electrons. The Kier molecular flexibility index (Phi) is 10.8. The van der Waals surface area contributed by atoms with Crippen LogP contribution in [0.15, 0.2) is 0 Å². The summed E-state index contributed by atoms with van der Waals surface area (Å²) in [6.07, 6.45) is 8.55. The van der Waals surface area contributed by atoms with Gasteiger partial charge in [-0.2, -0.15) is 0 Å². The standard InChI is InChI=1S/C8H22OSi2/c1-2-3-4-5-6-7-8-11-9-10/h2-8,11H2,1,10H3. The van der Waals surface area contributed by atoms with Crippen molar-refractivity contribution in [2.45, 2.75) is 51.5 Å². The minimum absolute atomic E-state index is 0.0560. The van der Waals surface area contributed by atoms with E-state index < -0.39 is 0 Å². The van der Waals surface area contributed by atoms with E-state index >= 15 is 0 Å². The first-order valence-electron chi connectivity index (χ1n) is 4.90. The van der Waals surface area contributed by atoms with Crippen LogP contribution in [0.5, 0.6) is 0 Å². The van der Waals surface area contributed by atoms with Gasteiger partial charge in [-0.25, -0.2) is 0 Å². The number of unbranched alkanes of at least 4 members (excludes halogenated alkanes) is 5. The van der Waals surface area contributed by atoms with Gasteiger partial charge in [0.2, 0.25) is 0 Å². The second kappa shape index (κ2) is 10.4. The summed E-state index contributed by atoms with van der Waals surface area (Å²) in [6.45, 7) is 2.27. The summed E-state index contributed by atoms with van der Waals surface area (Å²) in [6, 6.07) is 1.41. The fourth-order valence-electron chi connectivity index (χ4n) is 1.20. The van der Waals surface area contributed by atoms with Gasteiger partial charge < -0.3 is 4.12 Å². The zero-order valence-corrected chi connectivity index (χ0v) is 11.5. The van der Waals surface area contributed by atoms with Gasteiger partial charge in [0.1, 0.15) is 20.2 Å². The normalized spacial score (nSPS) is 11.7. The van der Waals surface area contributed by atoms with Crippen molar-refractivity contribution >= 4 is 20.2 Å². The molecule has 0 aliphatic rings. The maximum atomic E-state index is 5.25. The fraction of sp³-hybridized carbons (Fsp3) is 1.00. The SMILES string of the molecule is CCCCCCCC[SiH2]O[SiH3]. The molecule has 0 saturated heterocycles. The molecule has 0 atom stereocenters. The first kappa shape index (κ1) is 11.4. The van der Waals surface area contributed by atoms with E-state index in [0.717, 1.165) is 10.5 Å². The molecule has 11 heavy (non-hydrogen) atoms. The summed E-state index contributed by atoms with van der Waals surface area (Å²) < 4.78 is 5.25. The van der Waals surface area contributed by atoms with E-state index in [1.165, 1.54) is 44.6 Å². The quantitative estimate of drug-likeness (QED) is 0.412. The largest absolute Gasteiger partial charge is 0.468 e. The van der Waals surface area contributed by atoms with Gasteiger partial charge in [-0.15, -0.1) is 0 Å². The van der Waals surface area contributed by atoms with Crippen LogP contribution in [0.4, 0.5) is 0 Å². The van der Waals surface area contributed by atoms with Crippen LogP contribution >= 0.6 is 0 Å². The summed E-state index contributed by atoms with van der Waals surface area (Å²) in [7, 11) is 0.915. The van der Waals surface area contributed by atoms with Crippen LogP contribution in [0.1, 0.15) is 45.4 Å². The maximum Gasteiger partial charge on any atom is 0.145 e. The predicted octanol–water partition coefficient (Wildman–Crippen LogP) is 1.15. The van der Waals surface area contributed by atoms with Crippen LogP contribution in [0, 0.1) is 0 Å². The smallest absolute Gasteiger partial charge is 0.145 e. The van der Waals surface area contributed by atoms with Crippen molar-refractivity contribution in [1.29, 1.82) is 0 Å². The molecule has 0 aromatic rings. The second-order valence-electron chi connectivity index (χ2n) is 3.11. The molecule has 0 fully saturated rings. The fourth-order valence-corrected chi connectivity index (χ4v) is 2.92. The lowest BCUT2D eigenvalue weighted by Gasteiger charge is -1.99. The van der Waals surface area contributed by atoms with E-state index in [4.69, 9.17) is 4.12 Å². The van der Waals surface area contributed by atoms with Crippen LogP contribution in [0.25, 0.3) is 0 Å². The molecule has 0 aliphatic carbocycles. The summed E-state index contributed by atoms with van der Waals surface area (Å²) in [5, 5.41) is 0. The molecule has 0 saturated carbocycles. The highest BCUT2D eigenvalue weighted by Crippen LogP contribution is 2.06. The molecule has 3 heteroatoms. The summed E-state index contributed by atoms with van der Waals surface area (Å²) >= 11 is 0. The highest BCUT2D eigenvalue weighted by atomic mass is 28.3. The topological polar surface area (TPSA) is 9.23 Å². The molecule has 0 N–H and O–H groups in total. The molecule has 1 nitrogen and oxygen atoms in total. The lowest BCUT2D eigenvalue weighted by Crippen LogP contribution is -1.93. The summed E-state index contributed by atoms with van der Waals surface area (Å²) in [4.78, 5) is 0. The summed E-state index contributed by atoms with van der Waals surface area (Å²) in [5.41, 5.74) is 0. The van der Waals surface area contributed by atoms with E-state index in [1.54, 1.807) is 0 Å². The molecular weight excluding hydrogens is 168 g/mol. The Morgan fingerprint density at radius 2 is 1.73 bits per heavy atom. The molecular formula is C8H22OSi2. The van der Waals surface area contributed by atoms with Gasteiger partial charge >= 0.3 is 0 Å². The van der Waals surface area contributed by atoms with Crippen LogP contribution in [0.2, 0.25) is 6.04 Å². The van der Waals surface area contributed by atoms with E-state index in [1.807, 2.05) is 0 Å². The lowest BCUT2D eigenvalue weighted by molar-refractivity contribution is 0.608. The van der Waals surface area contributed by atoms with Crippen molar-refractivity contribution in [1.82, 2.24) is 0 Å². The lowest BCUT2D eigenvalue weighted by atomic mass is 10.1. The molecule has 68 valence electrons. The Hall–Kier alpha value is 0.394. The van der Waals surface area contributed by atoms with Crippen molar-refractivity contribution in [3.63, 3.8) is 0 Å². The monoisotopic (exact) mass is 190 g/mol. The molecule has 0 aromatic carbocycles. The zero-order valence-electron chi connectivity index (χ0n) is 8.07. The minimum Gasteiger partial charge on any atom is -0.468 e. The van der Waals surface area contributed by atoms with Gasteiger partial charge in [0.15, 0.2) is 0 Å². The second-order valence-corrected chi connectivity index (χ2v) is 6.54. The average molecular weight is 190 g/mol. The number of hydrogen-bond donors (Lipinski definition) is 0. The first-order chi connectivity index (χ1) is 5.41. The van der Waals surface area contributed by atoms with Gasteiger partial charge in [0.05, 0.1) is 0 Å². The number of hydrogen-bond acceptors (Lipinski definition) is 1. The predicted molar refractivity (Wildman–Crippen MR) is 57.8 cm³/mol. The van der Waals surface area contributed by atoms with E-state index in [9.17, 15) is 0 Å². The highest BCUT2D eigenvalue weighted by molar-refractivity contribution is 6.34. The molecule has 0 heterocycles. The highest BCUT2D eigenvalue weighted by Gasteiger charge is 1.89. The minimum atomic E-state index is -0.0560. The number of rotatable bonds is 8. The van der Waals surface area contributed by atoms with E-state index in [-0.39, 0.29) is 9.76 Å². The molecule has 0 bridgehead atoms. The van der Waals surface area contributed by atoms with Crippen LogP contribution in [-0.2, 0) is 4.12 Å². The Balaban J connectivity index is 2.69. The van der Waals surface area contributed by atoms with E-state index in [2.05, 4.69) is 6.92 Å². The first-order valence-corrected chi connectivity index (χ1v) is 7.30. The van der Waals surface area contributed by atoms with Gasteiger partial charge in [-0.3, -0.25) is 0 Å². The van der Waals surface area contributed by atoms with Gasteiger partial charge in [0.25, 0.3) is 0 Å². The zero-order chi connectivity index (χ0) is 8.36. The molecule has 0 aliphatic heterocycles.